The predicted octanol–water partition coefficient (Wildman–Crippen LogP) is 2.09. The van der Waals surface area contributed by atoms with Crippen LogP contribution in [0.4, 0.5) is 17.2 Å². The van der Waals surface area contributed by atoms with Crippen molar-refractivity contribution in [3.05, 3.63) is 48.2 Å². The maximum atomic E-state index is 12.6. The Morgan fingerprint density at radius 1 is 0.929 bits per heavy atom. The first-order valence-corrected chi connectivity index (χ1v) is 9.08. The first-order valence-electron chi connectivity index (χ1n) is 9.08. The van der Waals surface area contributed by atoms with Crippen molar-refractivity contribution in [3.63, 3.8) is 0 Å². The van der Waals surface area contributed by atoms with Crippen LogP contribution in [0.15, 0.2) is 42.6 Å². The Bertz CT molecular complexity index is 874. The fourth-order valence-electron chi connectivity index (χ4n) is 3.03. The smallest absolute Gasteiger partial charge is 0.255 e. The molecule has 2 heterocycles. The van der Waals surface area contributed by atoms with Crippen LogP contribution in [-0.2, 0) is 9.59 Å². The van der Waals surface area contributed by atoms with Crippen molar-refractivity contribution in [1.82, 2.24) is 14.8 Å². The molecule has 0 atom stereocenters. The normalized spacial score (nSPS) is 13.8. The minimum atomic E-state index is -0.137. The van der Waals surface area contributed by atoms with Gasteiger partial charge in [0.05, 0.1) is 5.56 Å². The van der Waals surface area contributed by atoms with Crippen LogP contribution < -0.4 is 10.6 Å². The third kappa shape index (κ3) is 4.85. The summed E-state index contributed by atoms with van der Waals surface area (Å²) in [6.45, 7) is 5.15. The van der Waals surface area contributed by atoms with Gasteiger partial charge in [-0.1, -0.05) is 6.07 Å². The number of benzene rings is 1. The molecule has 0 saturated carbocycles. The molecule has 0 radical (unpaired) electrons. The van der Waals surface area contributed by atoms with Crippen LogP contribution in [0.5, 0.6) is 0 Å². The number of nitrogens with zero attached hydrogens (tertiary/aromatic N) is 3. The maximum Gasteiger partial charge on any atom is 0.255 e. The van der Waals surface area contributed by atoms with Crippen LogP contribution in [0, 0.1) is 0 Å². The zero-order valence-corrected chi connectivity index (χ0v) is 15.9. The lowest BCUT2D eigenvalue weighted by Gasteiger charge is -2.34. The first kappa shape index (κ1) is 19.3. The molecule has 1 aromatic heterocycles. The number of aromatic nitrogens is 1. The lowest BCUT2D eigenvalue weighted by Crippen LogP contribution is -2.50. The molecule has 1 aliphatic rings. The highest BCUT2D eigenvalue weighted by Gasteiger charge is 2.23. The van der Waals surface area contributed by atoms with E-state index in [9.17, 15) is 14.4 Å². The number of hydrogen-bond donors (Lipinski definition) is 2. The largest absolute Gasteiger partial charge is 0.340 e. The number of nitrogens with one attached hydrogen (secondary N) is 2. The van der Waals surface area contributed by atoms with Crippen molar-refractivity contribution in [2.45, 2.75) is 13.8 Å². The van der Waals surface area contributed by atoms with Gasteiger partial charge in [-0.05, 0) is 30.3 Å². The Morgan fingerprint density at radius 2 is 1.61 bits per heavy atom. The standard InChI is InChI=1S/C20H23N5O3/c1-14(26)22-17-4-3-5-18(12-17)23-19-7-6-16(13-21-19)20(28)25-10-8-24(9-11-25)15(2)27/h3-7,12-13H,8-11H2,1-2H3,(H,21,23)(H,22,26). The van der Waals surface area contributed by atoms with Crippen LogP contribution in [0.3, 0.4) is 0 Å². The predicted molar refractivity (Wildman–Crippen MR) is 106 cm³/mol. The van der Waals surface area contributed by atoms with E-state index in [1.54, 1.807) is 47.2 Å². The number of hydrogen-bond acceptors (Lipinski definition) is 5. The summed E-state index contributed by atoms with van der Waals surface area (Å²) in [5, 5.41) is 5.88. The van der Waals surface area contributed by atoms with Gasteiger partial charge in [0.25, 0.3) is 5.91 Å². The molecule has 3 rings (SSSR count). The molecule has 2 N–H and O–H groups in total. The highest BCUT2D eigenvalue weighted by molar-refractivity contribution is 5.94. The summed E-state index contributed by atoms with van der Waals surface area (Å²) in [6, 6.07) is 10.8. The third-order valence-electron chi connectivity index (χ3n) is 4.48. The summed E-state index contributed by atoms with van der Waals surface area (Å²) < 4.78 is 0. The second kappa shape index (κ2) is 8.51. The Labute approximate surface area is 163 Å². The van der Waals surface area contributed by atoms with E-state index in [0.29, 0.717) is 43.2 Å². The van der Waals surface area contributed by atoms with Crippen LogP contribution in [0.2, 0.25) is 0 Å². The van der Waals surface area contributed by atoms with Crippen LogP contribution in [-0.4, -0.2) is 58.7 Å². The molecule has 8 nitrogen and oxygen atoms in total. The first-order chi connectivity index (χ1) is 13.4. The van der Waals surface area contributed by atoms with Gasteiger partial charge in [-0.2, -0.15) is 0 Å². The van der Waals surface area contributed by atoms with Gasteiger partial charge in [0, 0.05) is 57.6 Å². The molecule has 1 aliphatic heterocycles. The van der Waals surface area contributed by atoms with Gasteiger partial charge in [-0.15, -0.1) is 0 Å². The average Bonchev–Trinajstić information content (AvgIpc) is 2.68. The van der Waals surface area contributed by atoms with Crippen molar-refractivity contribution >= 4 is 34.9 Å². The molecule has 1 aromatic carbocycles. The molecule has 146 valence electrons. The number of piperazine rings is 1. The van der Waals surface area contributed by atoms with E-state index in [-0.39, 0.29) is 17.7 Å². The lowest BCUT2D eigenvalue weighted by molar-refractivity contribution is -0.130. The van der Waals surface area contributed by atoms with Crippen LogP contribution in [0.1, 0.15) is 24.2 Å². The van der Waals surface area contributed by atoms with E-state index in [0.717, 1.165) is 5.69 Å². The summed E-state index contributed by atoms with van der Waals surface area (Å²) >= 11 is 0. The summed E-state index contributed by atoms with van der Waals surface area (Å²) in [6.07, 6.45) is 1.54. The molecule has 0 spiro atoms. The molecule has 3 amide bonds. The number of carbonyl (C=O) groups excluding carboxylic acids is 3. The number of pyridine rings is 1. The third-order valence-corrected chi connectivity index (χ3v) is 4.48. The zero-order valence-electron chi connectivity index (χ0n) is 15.9. The van der Waals surface area contributed by atoms with E-state index >= 15 is 0 Å². The van der Waals surface area contributed by atoms with Crippen LogP contribution >= 0.6 is 0 Å². The molecule has 0 unspecified atom stereocenters. The second-order valence-corrected chi connectivity index (χ2v) is 6.62. The average molecular weight is 381 g/mol. The van der Waals surface area contributed by atoms with Gasteiger partial charge >= 0.3 is 0 Å². The SMILES string of the molecule is CC(=O)Nc1cccc(Nc2ccc(C(=O)N3CCN(C(C)=O)CC3)cn2)c1. The highest BCUT2D eigenvalue weighted by Crippen LogP contribution is 2.19. The Morgan fingerprint density at radius 3 is 2.21 bits per heavy atom. The van der Waals surface area contributed by atoms with Crippen molar-refractivity contribution in [3.8, 4) is 0 Å². The number of anilines is 3. The van der Waals surface area contributed by atoms with Gasteiger partial charge in [-0.25, -0.2) is 4.98 Å². The summed E-state index contributed by atoms with van der Waals surface area (Å²) in [4.78, 5) is 43.0. The Balaban J connectivity index is 1.61. The Kier molecular flexibility index (Phi) is 5.88. The second-order valence-electron chi connectivity index (χ2n) is 6.62. The topological polar surface area (TPSA) is 94.6 Å². The van der Waals surface area contributed by atoms with Gasteiger partial charge in [0.15, 0.2) is 0 Å². The van der Waals surface area contributed by atoms with E-state index in [2.05, 4.69) is 15.6 Å². The quantitative estimate of drug-likeness (QED) is 0.846. The number of amides is 3. The van der Waals surface area contributed by atoms with E-state index in [1.807, 2.05) is 12.1 Å². The van der Waals surface area contributed by atoms with Crippen molar-refractivity contribution in [2.24, 2.45) is 0 Å². The molecular formula is C20H23N5O3. The fourth-order valence-corrected chi connectivity index (χ4v) is 3.03. The molecule has 0 aliphatic carbocycles. The van der Waals surface area contributed by atoms with Gasteiger partial charge in [0.2, 0.25) is 11.8 Å². The maximum absolute atomic E-state index is 12.6. The zero-order chi connectivity index (χ0) is 20.1. The molecular weight excluding hydrogens is 358 g/mol. The summed E-state index contributed by atoms with van der Waals surface area (Å²) in [5.74, 6) is 0.405. The minimum Gasteiger partial charge on any atom is -0.340 e. The molecule has 28 heavy (non-hydrogen) atoms. The Hall–Kier alpha value is -3.42. The molecule has 2 aromatic rings. The molecule has 1 fully saturated rings. The van der Waals surface area contributed by atoms with Gasteiger partial charge in [-0.3, -0.25) is 14.4 Å². The van der Waals surface area contributed by atoms with Crippen molar-refractivity contribution < 1.29 is 14.4 Å². The highest BCUT2D eigenvalue weighted by atomic mass is 16.2. The van der Waals surface area contributed by atoms with Crippen molar-refractivity contribution in [2.75, 3.05) is 36.8 Å². The van der Waals surface area contributed by atoms with Crippen LogP contribution in [0.25, 0.3) is 0 Å². The summed E-state index contributed by atoms with van der Waals surface area (Å²) in [7, 11) is 0. The monoisotopic (exact) mass is 381 g/mol. The summed E-state index contributed by atoms with van der Waals surface area (Å²) in [5.41, 5.74) is 1.97. The fraction of sp³-hybridized carbons (Fsp3) is 0.300. The number of carbonyl (C=O) groups is 3. The van der Waals surface area contributed by atoms with Crippen molar-refractivity contribution in [1.29, 1.82) is 0 Å². The van der Waals surface area contributed by atoms with E-state index < -0.39 is 0 Å². The van der Waals surface area contributed by atoms with E-state index in [1.165, 1.54) is 6.92 Å². The molecule has 0 bridgehead atoms. The molecule has 8 heteroatoms. The van der Waals surface area contributed by atoms with Gasteiger partial charge < -0.3 is 20.4 Å². The lowest BCUT2D eigenvalue weighted by atomic mass is 10.2. The number of rotatable bonds is 4. The minimum absolute atomic E-state index is 0.0340. The van der Waals surface area contributed by atoms with E-state index in [4.69, 9.17) is 0 Å². The van der Waals surface area contributed by atoms with Gasteiger partial charge in [0.1, 0.15) is 5.82 Å². The molecule has 1 saturated heterocycles.